The maximum absolute atomic E-state index is 8.68. The Kier molecular flexibility index (Phi) is 1.99. The van der Waals surface area contributed by atoms with Gasteiger partial charge in [0.05, 0.1) is 6.54 Å². The largest absolute Gasteiger partial charge is 0.328 e. The third-order valence-corrected chi connectivity index (χ3v) is 1.53. The van der Waals surface area contributed by atoms with E-state index < -0.39 is 0 Å². The minimum atomic E-state index is 0.469. The highest BCUT2D eigenvalue weighted by atomic mass is 15.0. The van der Waals surface area contributed by atoms with Crippen molar-refractivity contribution >= 4 is 0 Å². The van der Waals surface area contributed by atoms with E-state index in [1.807, 2.05) is 19.2 Å². The van der Waals surface area contributed by atoms with Crippen LogP contribution in [0.3, 0.4) is 0 Å². The van der Waals surface area contributed by atoms with Gasteiger partial charge in [-0.15, -0.1) is 6.42 Å². The minimum absolute atomic E-state index is 0.469. The van der Waals surface area contributed by atoms with E-state index in [4.69, 9.17) is 11.7 Å². The van der Waals surface area contributed by atoms with Crippen molar-refractivity contribution < 1.29 is 0 Å². The summed E-state index contributed by atoms with van der Waals surface area (Å²) < 4.78 is 1.76. The maximum atomic E-state index is 8.68. The molecule has 54 valence electrons. The van der Waals surface area contributed by atoms with Crippen LogP contribution in [-0.2, 0) is 6.54 Å². The summed E-state index contributed by atoms with van der Waals surface area (Å²) in [6.07, 6.45) is 6.94. The molecule has 11 heavy (non-hydrogen) atoms. The summed E-state index contributed by atoms with van der Waals surface area (Å²) in [5, 5.41) is 8.68. The fraction of sp³-hybridized carbons (Fsp3) is 0.222. The zero-order valence-corrected chi connectivity index (χ0v) is 6.33. The number of hydrogen-bond acceptors (Lipinski definition) is 1. The molecule has 1 heterocycles. The summed E-state index contributed by atoms with van der Waals surface area (Å²) in [7, 11) is 0. The molecular weight excluding hydrogens is 136 g/mol. The van der Waals surface area contributed by atoms with Crippen LogP contribution in [0.2, 0.25) is 0 Å². The van der Waals surface area contributed by atoms with Crippen molar-refractivity contribution in [1.82, 2.24) is 4.57 Å². The van der Waals surface area contributed by atoms with Gasteiger partial charge in [0.15, 0.2) is 0 Å². The molecule has 0 radical (unpaired) electrons. The highest BCUT2D eigenvalue weighted by molar-refractivity contribution is 5.32. The number of terminal acetylenes is 1. The van der Waals surface area contributed by atoms with Gasteiger partial charge in [0.2, 0.25) is 0 Å². The molecule has 0 aromatic carbocycles. The van der Waals surface area contributed by atoms with E-state index in [2.05, 4.69) is 12.0 Å². The second-order valence-corrected chi connectivity index (χ2v) is 2.29. The van der Waals surface area contributed by atoms with Gasteiger partial charge in [-0.25, -0.2) is 0 Å². The van der Waals surface area contributed by atoms with Gasteiger partial charge in [-0.2, -0.15) is 5.26 Å². The fourth-order valence-corrected chi connectivity index (χ4v) is 0.964. The molecule has 0 N–H and O–H groups in total. The summed E-state index contributed by atoms with van der Waals surface area (Å²) in [4.78, 5) is 0. The average molecular weight is 144 g/mol. The molecule has 0 fully saturated rings. The Balaban J connectivity index is 3.10. The van der Waals surface area contributed by atoms with Gasteiger partial charge in [-0.05, 0) is 18.6 Å². The predicted molar refractivity (Wildman–Crippen MR) is 42.7 cm³/mol. The topological polar surface area (TPSA) is 28.7 Å². The van der Waals surface area contributed by atoms with Gasteiger partial charge >= 0.3 is 0 Å². The number of hydrogen-bond donors (Lipinski definition) is 0. The van der Waals surface area contributed by atoms with Crippen LogP contribution in [0.5, 0.6) is 0 Å². The zero-order valence-electron chi connectivity index (χ0n) is 6.33. The molecule has 0 spiro atoms. The molecule has 1 aromatic rings. The van der Waals surface area contributed by atoms with Crippen LogP contribution in [-0.4, -0.2) is 4.57 Å². The van der Waals surface area contributed by atoms with Crippen molar-refractivity contribution in [3.05, 3.63) is 23.5 Å². The molecule has 0 aliphatic heterocycles. The smallest absolute Gasteiger partial charge is 0.124 e. The molecule has 0 bridgehead atoms. The Morgan fingerprint density at radius 1 is 1.73 bits per heavy atom. The highest BCUT2D eigenvalue weighted by Gasteiger charge is 2.01. The van der Waals surface area contributed by atoms with E-state index in [0.29, 0.717) is 12.2 Å². The normalized spacial score (nSPS) is 8.64. The van der Waals surface area contributed by atoms with Crippen LogP contribution in [0.25, 0.3) is 0 Å². The molecule has 0 saturated heterocycles. The minimum Gasteiger partial charge on any atom is -0.328 e. The summed E-state index contributed by atoms with van der Waals surface area (Å²) >= 11 is 0. The average Bonchev–Trinajstić information content (AvgIpc) is 2.33. The lowest BCUT2D eigenvalue weighted by Gasteiger charge is -1.96. The second-order valence-electron chi connectivity index (χ2n) is 2.29. The SMILES string of the molecule is C#CCn1ccc(C)c1C#N. The molecule has 1 rings (SSSR count). The van der Waals surface area contributed by atoms with Gasteiger partial charge in [-0.3, -0.25) is 0 Å². The van der Waals surface area contributed by atoms with E-state index in [1.54, 1.807) is 4.57 Å². The quantitative estimate of drug-likeness (QED) is 0.546. The molecule has 0 saturated carbocycles. The molecule has 1 aromatic heterocycles. The maximum Gasteiger partial charge on any atom is 0.124 e. The van der Waals surface area contributed by atoms with Gasteiger partial charge in [0.25, 0.3) is 0 Å². The Bertz CT molecular complexity index is 333. The summed E-state index contributed by atoms with van der Waals surface area (Å²) in [5.74, 6) is 2.48. The summed E-state index contributed by atoms with van der Waals surface area (Å²) in [5.41, 5.74) is 1.63. The van der Waals surface area contributed by atoms with Crippen LogP contribution in [0, 0.1) is 30.6 Å². The molecule has 2 heteroatoms. The second kappa shape index (κ2) is 2.94. The van der Waals surface area contributed by atoms with Gasteiger partial charge in [0, 0.05) is 6.20 Å². The van der Waals surface area contributed by atoms with Crippen LogP contribution in [0.15, 0.2) is 12.3 Å². The molecule has 0 unspecified atom stereocenters. The van der Waals surface area contributed by atoms with E-state index in [1.165, 1.54) is 0 Å². The first-order chi connectivity index (χ1) is 5.29. The van der Waals surface area contributed by atoms with E-state index >= 15 is 0 Å². The summed E-state index contributed by atoms with van der Waals surface area (Å²) in [6.45, 7) is 2.36. The molecule has 0 atom stereocenters. The first kappa shape index (κ1) is 7.44. The van der Waals surface area contributed by atoms with Gasteiger partial charge in [-0.1, -0.05) is 5.92 Å². The third kappa shape index (κ3) is 1.25. The Hall–Kier alpha value is -1.67. The Morgan fingerprint density at radius 2 is 2.45 bits per heavy atom. The number of aromatic nitrogens is 1. The van der Waals surface area contributed by atoms with Crippen molar-refractivity contribution in [2.75, 3.05) is 0 Å². The predicted octanol–water partition coefficient (Wildman–Crippen LogP) is 1.30. The van der Waals surface area contributed by atoms with E-state index in [-0.39, 0.29) is 0 Å². The van der Waals surface area contributed by atoms with E-state index in [9.17, 15) is 0 Å². The number of aryl methyl sites for hydroxylation is 1. The highest BCUT2D eigenvalue weighted by Crippen LogP contribution is 2.07. The standard InChI is InChI=1S/C9H8N2/c1-3-5-11-6-4-8(2)9(11)7-10/h1,4,6H,5H2,2H3. The lowest BCUT2D eigenvalue weighted by atomic mass is 10.3. The lowest BCUT2D eigenvalue weighted by Crippen LogP contribution is -1.96. The molecule has 0 amide bonds. The van der Waals surface area contributed by atoms with Crippen LogP contribution < -0.4 is 0 Å². The van der Waals surface area contributed by atoms with Crippen LogP contribution in [0.1, 0.15) is 11.3 Å². The molecule has 0 aliphatic rings. The first-order valence-corrected chi connectivity index (χ1v) is 3.29. The van der Waals surface area contributed by atoms with Crippen molar-refractivity contribution in [2.45, 2.75) is 13.5 Å². The van der Waals surface area contributed by atoms with Crippen molar-refractivity contribution in [2.24, 2.45) is 0 Å². The number of nitrogens with zero attached hydrogens (tertiary/aromatic N) is 2. The van der Waals surface area contributed by atoms with E-state index in [0.717, 1.165) is 5.56 Å². The summed E-state index contributed by atoms with van der Waals surface area (Å²) in [6, 6.07) is 3.98. The first-order valence-electron chi connectivity index (χ1n) is 3.29. The number of rotatable bonds is 1. The van der Waals surface area contributed by atoms with Crippen LogP contribution >= 0.6 is 0 Å². The van der Waals surface area contributed by atoms with Gasteiger partial charge in [0.1, 0.15) is 11.8 Å². The van der Waals surface area contributed by atoms with Crippen molar-refractivity contribution in [3.63, 3.8) is 0 Å². The zero-order chi connectivity index (χ0) is 8.27. The Morgan fingerprint density at radius 3 is 3.00 bits per heavy atom. The molecule has 2 nitrogen and oxygen atoms in total. The third-order valence-electron chi connectivity index (χ3n) is 1.53. The fourth-order valence-electron chi connectivity index (χ4n) is 0.964. The molecule has 0 aliphatic carbocycles. The van der Waals surface area contributed by atoms with Crippen molar-refractivity contribution in [1.29, 1.82) is 5.26 Å². The lowest BCUT2D eigenvalue weighted by molar-refractivity contribution is 0.833. The molecular formula is C9H8N2. The van der Waals surface area contributed by atoms with Crippen LogP contribution in [0.4, 0.5) is 0 Å². The van der Waals surface area contributed by atoms with Crippen molar-refractivity contribution in [3.8, 4) is 18.4 Å². The number of nitriles is 1. The van der Waals surface area contributed by atoms with Gasteiger partial charge < -0.3 is 4.57 Å². The monoisotopic (exact) mass is 144 g/mol. The Labute approximate surface area is 66.1 Å².